The van der Waals surface area contributed by atoms with Crippen LogP contribution in [0.3, 0.4) is 0 Å². The Labute approximate surface area is 228 Å². The Kier molecular flexibility index (Phi) is 16.1. The van der Waals surface area contributed by atoms with E-state index in [-0.39, 0.29) is 0 Å². The minimum atomic E-state index is 0.480. The van der Waals surface area contributed by atoms with Gasteiger partial charge < -0.3 is 19.7 Å². The third kappa shape index (κ3) is 8.45. The molecule has 196 valence electrons. The fourth-order valence-corrected chi connectivity index (χ4v) is 4.24. The van der Waals surface area contributed by atoms with Crippen LogP contribution in [-0.4, -0.2) is 19.0 Å². The van der Waals surface area contributed by atoms with Crippen molar-refractivity contribution in [2.24, 2.45) is 0 Å². The third-order valence-electron chi connectivity index (χ3n) is 5.84. The Hall–Kier alpha value is -1.68. The molecule has 0 aliphatic carbocycles. The fourth-order valence-electron chi connectivity index (χ4n) is 4.24. The molecule has 1 aliphatic rings. The van der Waals surface area contributed by atoms with Crippen LogP contribution in [0.25, 0.3) is 0 Å². The van der Waals surface area contributed by atoms with Crippen LogP contribution in [0.15, 0.2) is 48.8 Å². The molecule has 0 unspecified atom stereocenters. The van der Waals surface area contributed by atoms with Crippen molar-refractivity contribution >= 4 is 27.9 Å². The van der Waals surface area contributed by atoms with E-state index in [9.17, 15) is 0 Å². The average molecular weight is 589 g/mol. The maximum absolute atomic E-state index is 7.75. The fraction of sp³-hybridized carbons (Fsp3) is 0.448. The molecule has 1 N–H and O–H groups in total. The van der Waals surface area contributed by atoms with Crippen molar-refractivity contribution in [3.63, 3.8) is 0 Å². The van der Waals surface area contributed by atoms with E-state index in [2.05, 4.69) is 137 Å². The van der Waals surface area contributed by atoms with Gasteiger partial charge >= 0.3 is 27.0 Å². The van der Waals surface area contributed by atoms with Crippen LogP contribution in [0.4, 0.5) is 11.4 Å². The molecule has 0 fully saturated rings. The Balaban J connectivity index is 0.00000179. The maximum atomic E-state index is 7.75. The van der Waals surface area contributed by atoms with Crippen LogP contribution >= 0.6 is 9.69 Å². The van der Waals surface area contributed by atoms with Crippen molar-refractivity contribution in [2.75, 3.05) is 16.9 Å². The molecule has 0 aromatic heterocycles. The Morgan fingerprint density at radius 2 is 0.886 bits per heavy atom. The van der Waals surface area contributed by atoms with Gasteiger partial charge in [-0.1, -0.05) is 91.8 Å². The van der Waals surface area contributed by atoms with Crippen LogP contribution in [0.5, 0.6) is 0 Å². The Morgan fingerprint density at radius 1 is 0.657 bits per heavy atom. The monoisotopic (exact) mass is 588 g/mol. The summed E-state index contributed by atoms with van der Waals surface area (Å²) in [5, 5.41) is 7.00. The zero-order valence-corrected chi connectivity index (χ0v) is 24.9. The van der Waals surface area contributed by atoms with Crippen molar-refractivity contribution in [3.05, 3.63) is 77.7 Å². The van der Waals surface area contributed by atoms with Crippen LogP contribution in [0, 0.1) is 6.67 Å². The Morgan fingerprint density at radius 3 is 1.09 bits per heavy atom. The molecule has 2 aromatic carbocycles. The van der Waals surface area contributed by atoms with E-state index >= 15 is 0 Å². The van der Waals surface area contributed by atoms with Crippen molar-refractivity contribution in [1.29, 1.82) is 0 Å². The number of nitrogens with zero attached hydrogens (tertiary/aromatic N) is 2. The normalized spacial score (nSPS) is 12.3. The van der Waals surface area contributed by atoms with E-state index in [4.69, 9.17) is 9.90 Å². The number of aliphatic hydroxyl groups is 1. The molecule has 0 saturated heterocycles. The van der Waals surface area contributed by atoms with E-state index in [0.29, 0.717) is 23.7 Å². The van der Waals surface area contributed by atoms with Crippen molar-refractivity contribution < 1.29 is 27.2 Å². The quantitative estimate of drug-likeness (QED) is 0.210. The zero-order chi connectivity index (χ0) is 27.3. The van der Waals surface area contributed by atoms with Gasteiger partial charge in [0.25, 0.3) is 0 Å². The summed E-state index contributed by atoms with van der Waals surface area (Å²) < 4.78 is 0. The first kappa shape index (κ1) is 33.3. The average Bonchev–Trinajstić information content (AvgIpc) is 3.36. The molecule has 6 heteroatoms. The van der Waals surface area contributed by atoms with E-state index in [1.54, 1.807) is 0 Å². The number of benzene rings is 2. The molecule has 0 radical (unpaired) electrons. The van der Waals surface area contributed by atoms with Gasteiger partial charge in [-0.15, -0.1) is 6.67 Å². The first-order valence-corrected chi connectivity index (χ1v) is 14.0. The van der Waals surface area contributed by atoms with Crippen LogP contribution in [0.1, 0.15) is 101 Å². The molecular formula is C29H42ClN2O2Rh. The second-order valence-electron chi connectivity index (χ2n) is 9.42. The van der Waals surface area contributed by atoms with E-state index in [0.717, 1.165) is 7.11 Å². The molecule has 1 aliphatic heterocycles. The summed E-state index contributed by atoms with van der Waals surface area (Å²) in [6.45, 7) is 23.8. The SMILES string of the molecule is CC(C)c1cccc(C(C)C)c1N1C=CN(c2c(C(C)C)cccc2C(C)C)[CH-]1.CO.[CH-]=O.[Cl][Rh+2]. The topological polar surface area (TPSA) is 43.8 Å². The van der Waals surface area contributed by atoms with Gasteiger partial charge in [0, 0.05) is 18.5 Å². The van der Waals surface area contributed by atoms with Gasteiger partial charge in [-0.05, 0) is 58.3 Å². The standard InChI is InChI=1S/C27H37N2.CH4O.CHO.ClH.Rh/c1-18(2)22-11-9-12-23(19(3)4)26(22)28-15-16-29(17-28)27-24(20(5)6)13-10-14-25(27)21(7)8;2*1-2;;/h9-21H,1-8H3;2H,1H3;1H;1H;/q-1;;-1;;+3/p-1. The van der Waals surface area contributed by atoms with E-state index in [1.807, 2.05) is 17.3 Å². The number of anilines is 2. The minimum absolute atomic E-state index is 0.480. The molecule has 35 heavy (non-hydrogen) atoms. The number of hydrogen-bond acceptors (Lipinski definition) is 4. The number of hydrogen-bond donors (Lipinski definition) is 1. The Bertz CT molecular complexity index is 790. The van der Waals surface area contributed by atoms with Gasteiger partial charge in [0.2, 0.25) is 0 Å². The second-order valence-corrected chi connectivity index (χ2v) is 9.42. The predicted molar refractivity (Wildman–Crippen MR) is 148 cm³/mol. The number of halogens is 1. The summed E-state index contributed by atoms with van der Waals surface area (Å²) in [6.07, 6.45) is 4.43. The van der Waals surface area contributed by atoms with Crippen molar-refractivity contribution in [2.45, 2.75) is 79.1 Å². The van der Waals surface area contributed by atoms with Gasteiger partial charge in [0.1, 0.15) is 0 Å². The third-order valence-corrected chi connectivity index (χ3v) is 5.84. The summed E-state index contributed by atoms with van der Waals surface area (Å²) in [4.78, 5) is 12.4. The summed E-state index contributed by atoms with van der Waals surface area (Å²) in [6, 6.07) is 13.5. The van der Waals surface area contributed by atoms with Crippen LogP contribution in [-0.2, 0) is 22.1 Å². The number of aliphatic hydroxyl groups excluding tert-OH is 1. The van der Waals surface area contributed by atoms with Gasteiger partial charge in [-0.25, -0.2) is 0 Å². The van der Waals surface area contributed by atoms with Gasteiger partial charge in [0.15, 0.2) is 0 Å². The second kappa shape index (κ2) is 16.9. The van der Waals surface area contributed by atoms with Gasteiger partial charge in [-0.2, -0.15) is 0 Å². The summed E-state index contributed by atoms with van der Waals surface area (Å²) in [5.41, 5.74) is 8.29. The van der Waals surface area contributed by atoms with Crippen molar-refractivity contribution in [3.8, 4) is 0 Å². The molecule has 0 spiro atoms. The molecule has 0 atom stereocenters. The summed E-state index contributed by atoms with van der Waals surface area (Å²) in [7, 11) is 5.53. The number of rotatable bonds is 6. The first-order valence-electron chi connectivity index (χ1n) is 11.9. The number of carbonyl (C=O) groups excluding carboxylic acids is 1. The molecule has 3 rings (SSSR count). The molecule has 2 aromatic rings. The number of para-hydroxylation sites is 2. The zero-order valence-electron chi connectivity index (χ0n) is 22.5. The molecule has 0 bridgehead atoms. The van der Waals surface area contributed by atoms with Crippen LogP contribution in [0.2, 0.25) is 0 Å². The van der Waals surface area contributed by atoms with Gasteiger partial charge in [0.05, 0.1) is 0 Å². The molecule has 0 saturated carbocycles. The molecule has 0 amide bonds. The van der Waals surface area contributed by atoms with E-state index < -0.39 is 0 Å². The first-order chi connectivity index (χ1) is 16.7. The molecular weight excluding hydrogens is 547 g/mol. The van der Waals surface area contributed by atoms with Crippen LogP contribution < -0.4 is 9.80 Å². The predicted octanol–water partition coefficient (Wildman–Crippen LogP) is 8.12. The van der Waals surface area contributed by atoms with Crippen molar-refractivity contribution in [1.82, 2.24) is 0 Å². The molecule has 1 heterocycles. The summed E-state index contributed by atoms with van der Waals surface area (Å²) >= 11 is 2.02. The van der Waals surface area contributed by atoms with E-state index in [1.165, 1.54) is 33.6 Å². The van der Waals surface area contributed by atoms with Gasteiger partial charge in [-0.3, -0.25) is 6.79 Å². The summed E-state index contributed by atoms with van der Waals surface area (Å²) in [5.74, 6) is 1.92. The molecule has 4 nitrogen and oxygen atoms in total.